The van der Waals surface area contributed by atoms with Crippen LogP contribution in [0.1, 0.15) is 45.4 Å². The van der Waals surface area contributed by atoms with Crippen LogP contribution in [0.15, 0.2) is 0 Å². The van der Waals surface area contributed by atoms with Crippen molar-refractivity contribution in [2.45, 2.75) is 45.4 Å². The molecule has 5 nitrogen and oxygen atoms in total. The van der Waals surface area contributed by atoms with Gasteiger partial charge in [0, 0.05) is 0 Å². The normalized spacial score (nSPS) is 44.9. The Labute approximate surface area is 124 Å². The van der Waals surface area contributed by atoms with Gasteiger partial charge in [0.2, 0.25) is 17.7 Å². The number of carbonyl (C=O) groups is 3. The van der Waals surface area contributed by atoms with Gasteiger partial charge in [-0.1, -0.05) is 6.92 Å². The van der Waals surface area contributed by atoms with E-state index in [-0.39, 0.29) is 36.2 Å². The lowest BCUT2D eigenvalue weighted by atomic mass is 9.44. The fraction of sp³-hybridized carbons (Fsp3) is 0.812. The molecular formula is C16H22N2O3. The summed E-state index contributed by atoms with van der Waals surface area (Å²) in [6, 6.07) is 0. The Morgan fingerprint density at radius 2 is 1.67 bits per heavy atom. The monoisotopic (exact) mass is 290 g/mol. The predicted molar refractivity (Wildman–Crippen MR) is 75.0 cm³/mol. The van der Waals surface area contributed by atoms with E-state index in [1.54, 1.807) is 0 Å². The Bertz CT molecular complexity index is 512. The van der Waals surface area contributed by atoms with Crippen LogP contribution in [0.25, 0.3) is 0 Å². The van der Waals surface area contributed by atoms with Gasteiger partial charge in [0.1, 0.15) is 13.1 Å². The molecule has 0 aromatic carbocycles. The van der Waals surface area contributed by atoms with Crippen LogP contribution < -0.4 is 5.32 Å². The summed E-state index contributed by atoms with van der Waals surface area (Å²) >= 11 is 0. The van der Waals surface area contributed by atoms with E-state index < -0.39 is 0 Å². The van der Waals surface area contributed by atoms with Crippen LogP contribution in [0.2, 0.25) is 0 Å². The number of hydrogen-bond donors (Lipinski definition) is 1. The second-order valence-electron chi connectivity index (χ2n) is 8.18. The van der Waals surface area contributed by atoms with Crippen LogP contribution in [0.5, 0.6) is 0 Å². The minimum Gasteiger partial charge on any atom is -0.324 e. The summed E-state index contributed by atoms with van der Waals surface area (Å²) in [7, 11) is 0. The molecule has 5 heteroatoms. The Morgan fingerprint density at radius 3 is 2.19 bits per heavy atom. The zero-order valence-corrected chi connectivity index (χ0v) is 12.5. The maximum atomic E-state index is 13.1. The number of carbonyl (C=O) groups excluding carboxylic acids is 3. The van der Waals surface area contributed by atoms with Gasteiger partial charge in [-0.2, -0.15) is 0 Å². The molecule has 0 aromatic rings. The predicted octanol–water partition coefficient (Wildman–Crippen LogP) is 1.08. The van der Waals surface area contributed by atoms with Gasteiger partial charge >= 0.3 is 0 Å². The number of piperazine rings is 1. The third kappa shape index (κ3) is 2.00. The number of imide groups is 1. The SMILES string of the molecule is CC12CC3CC(C1)CC(C(=O)N1CC(=O)NC(=O)C1)(C3)C2. The summed E-state index contributed by atoms with van der Waals surface area (Å²) in [4.78, 5) is 37.7. The smallest absolute Gasteiger partial charge is 0.246 e. The molecule has 4 bridgehead atoms. The Kier molecular flexibility index (Phi) is 2.58. The molecular weight excluding hydrogens is 268 g/mol. The lowest BCUT2D eigenvalue weighted by Gasteiger charge is -2.61. The molecule has 5 rings (SSSR count). The number of nitrogens with one attached hydrogen (secondary N) is 1. The Hall–Kier alpha value is -1.39. The van der Waals surface area contributed by atoms with Crippen LogP contribution in [-0.4, -0.2) is 35.7 Å². The molecule has 1 N–H and O–H groups in total. The highest BCUT2D eigenvalue weighted by atomic mass is 16.2. The minimum absolute atomic E-state index is 0.0401. The molecule has 3 amide bonds. The summed E-state index contributed by atoms with van der Waals surface area (Å²) in [5, 5.41) is 2.27. The molecule has 5 aliphatic rings. The van der Waals surface area contributed by atoms with Crippen molar-refractivity contribution in [3.05, 3.63) is 0 Å². The van der Waals surface area contributed by atoms with Gasteiger partial charge < -0.3 is 4.90 Å². The molecule has 2 atom stereocenters. The van der Waals surface area contributed by atoms with Crippen molar-refractivity contribution in [2.24, 2.45) is 22.7 Å². The first kappa shape index (κ1) is 13.3. The lowest BCUT2D eigenvalue weighted by molar-refractivity contribution is -0.169. The Morgan fingerprint density at radius 1 is 1.10 bits per heavy atom. The average molecular weight is 290 g/mol. The summed E-state index contributed by atoms with van der Waals surface area (Å²) in [5.41, 5.74) is -0.00146. The lowest BCUT2D eigenvalue weighted by Crippen LogP contribution is -2.61. The zero-order chi connectivity index (χ0) is 14.8. The molecule has 2 unspecified atom stereocenters. The van der Waals surface area contributed by atoms with E-state index in [0.717, 1.165) is 19.3 Å². The fourth-order valence-corrected chi connectivity index (χ4v) is 6.09. The molecule has 1 heterocycles. The molecule has 0 spiro atoms. The quantitative estimate of drug-likeness (QED) is 0.735. The van der Waals surface area contributed by atoms with Crippen LogP contribution >= 0.6 is 0 Å². The number of rotatable bonds is 1. The number of nitrogens with zero attached hydrogens (tertiary/aromatic N) is 1. The average Bonchev–Trinajstić information content (AvgIpc) is 2.33. The second kappa shape index (κ2) is 4.08. The molecule has 0 aromatic heterocycles. The first-order valence-corrected chi connectivity index (χ1v) is 8.00. The summed E-state index contributed by atoms with van der Waals surface area (Å²) in [6.45, 7) is 2.40. The van der Waals surface area contributed by atoms with Gasteiger partial charge in [-0.25, -0.2) is 0 Å². The van der Waals surface area contributed by atoms with E-state index in [2.05, 4.69) is 12.2 Å². The molecule has 21 heavy (non-hydrogen) atoms. The van der Waals surface area contributed by atoms with E-state index >= 15 is 0 Å². The van der Waals surface area contributed by atoms with E-state index in [1.165, 1.54) is 24.2 Å². The molecule has 114 valence electrons. The maximum Gasteiger partial charge on any atom is 0.246 e. The largest absolute Gasteiger partial charge is 0.324 e. The summed E-state index contributed by atoms with van der Waals surface area (Å²) < 4.78 is 0. The van der Waals surface area contributed by atoms with E-state index in [9.17, 15) is 14.4 Å². The number of hydrogen-bond acceptors (Lipinski definition) is 3. The van der Waals surface area contributed by atoms with E-state index in [1.807, 2.05) is 0 Å². The third-order valence-corrected chi connectivity index (χ3v) is 6.04. The fourth-order valence-electron chi connectivity index (χ4n) is 6.09. The van der Waals surface area contributed by atoms with E-state index in [4.69, 9.17) is 0 Å². The van der Waals surface area contributed by atoms with Crippen molar-refractivity contribution in [1.29, 1.82) is 0 Å². The number of amides is 3. The van der Waals surface area contributed by atoms with Gasteiger partial charge in [-0.15, -0.1) is 0 Å². The van der Waals surface area contributed by atoms with Gasteiger partial charge in [-0.3, -0.25) is 19.7 Å². The van der Waals surface area contributed by atoms with Crippen molar-refractivity contribution >= 4 is 17.7 Å². The summed E-state index contributed by atoms with van der Waals surface area (Å²) in [6.07, 6.45) is 6.63. The van der Waals surface area contributed by atoms with Gasteiger partial charge in [-0.05, 0) is 55.8 Å². The molecule has 1 saturated heterocycles. The molecule has 1 aliphatic heterocycles. The van der Waals surface area contributed by atoms with Crippen molar-refractivity contribution in [1.82, 2.24) is 10.2 Å². The molecule has 5 fully saturated rings. The third-order valence-electron chi connectivity index (χ3n) is 6.04. The van der Waals surface area contributed by atoms with Crippen molar-refractivity contribution < 1.29 is 14.4 Å². The van der Waals surface area contributed by atoms with Gasteiger partial charge in [0.25, 0.3) is 0 Å². The van der Waals surface area contributed by atoms with Crippen molar-refractivity contribution in [3.63, 3.8) is 0 Å². The topological polar surface area (TPSA) is 66.5 Å². The molecule has 0 radical (unpaired) electrons. The van der Waals surface area contributed by atoms with Crippen molar-refractivity contribution in [3.8, 4) is 0 Å². The molecule has 4 saturated carbocycles. The van der Waals surface area contributed by atoms with Crippen LogP contribution in [0, 0.1) is 22.7 Å². The second-order valence-corrected chi connectivity index (χ2v) is 8.18. The van der Waals surface area contributed by atoms with Crippen LogP contribution in [-0.2, 0) is 14.4 Å². The minimum atomic E-state index is -0.351. The highest BCUT2D eigenvalue weighted by molar-refractivity contribution is 6.03. The highest BCUT2D eigenvalue weighted by Crippen LogP contribution is 2.65. The summed E-state index contributed by atoms with van der Waals surface area (Å²) in [5.74, 6) is 0.682. The van der Waals surface area contributed by atoms with Gasteiger partial charge in [0.15, 0.2) is 0 Å². The first-order valence-electron chi connectivity index (χ1n) is 8.00. The van der Waals surface area contributed by atoms with Crippen molar-refractivity contribution in [2.75, 3.05) is 13.1 Å². The highest BCUT2D eigenvalue weighted by Gasteiger charge is 2.59. The zero-order valence-electron chi connectivity index (χ0n) is 12.5. The van der Waals surface area contributed by atoms with E-state index in [0.29, 0.717) is 17.3 Å². The maximum absolute atomic E-state index is 13.1. The first-order chi connectivity index (χ1) is 9.87. The Balaban J connectivity index is 1.62. The molecule has 4 aliphatic carbocycles. The van der Waals surface area contributed by atoms with Gasteiger partial charge in [0.05, 0.1) is 5.41 Å². The standard InChI is InChI=1S/C16H22N2O3/c1-15-3-10-2-11(4-15)6-16(5-10,9-15)14(21)18-7-12(19)17-13(20)8-18/h10-11H,2-9H2,1H3,(H,17,19,20). The van der Waals surface area contributed by atoms with Crippen LogP contribution in [0.4, 0.5) is 0 Å². The van der Waals surface area contributed by atoms with Crippen LogP contribution in [0.3, 0.4) is 0 Å².